The Kier molecular flexibility index (Phi) is 9.18. The molecule has 2 N–H and O–H groups in total. The van der Waals surface area contributed by atoms with E-state index in [1.807, 2.05) is 30.3 Å². The maximum atomic E-state index is 11.0. The molecule has 0 saturated carbocycles. The molecule has 2 atom stereocenters. The van der Waals surface area contributed by atoms with Crippen molar-refractivity contribution < 1.29 is 19.7 Å². The van der Waals surface area contributed by atoms with E-state index in [4.69, 9.17) is 9.84 Å². The zero-order valence-electron chi connectivity index (χ0n) is 17.7. The minimum Gasteiger partial charge on any atom is -0.489 e. The summed E-state index contributed by atoms with van der Waals surface area (Å²) in [6, 6.07) is 7.39. The van der Waals surface area contributed by atoms with Crippen molar-refractivity contribution in [2.24, 2.45) is 0 Å². The van der Waals surface area contributed by atoms with Crippen LogP contribution in [0.5, 0.6) is 5.75 Å². The van der Waals surface area contributed by atoms with E-state index in [0.29, 0.717) is 12.4 Å². The minimum absolute atomic E-state index is 0.0223. The van der Waals surface area contributed by atoms with Gasteiger partial charge in [-0.15, -0.1) is 5.92 Å². The van der Waals surface area contributed by atoms with Gasteiger partial charge in [0.25, 0.3) is 0 Å². The summed E-state index contributed by atoms with van der Waals surface area (Å²) < 4.78 is 5.86. The number of aliphatic hydroxyl groups is 1. The van der Waals surface area contributed by atoms with Crippen molar-refractivity contribution in [3.63, 3.8) is 0 Å². The number of rotatable bonds is 9. The predicted octanol–water partition coefficient (Wildman–Crippen LogP) is 5.18. The van der Waals surface area contributed by atoms with Crippen LogP contribution in [-0.2, 0) is 4.79 Å². The molecule has 4 nitrogen and oxygen atoms in total. The van der Waals surface area contributed by atoms with E-state index >= 15 is 0 Å². The number of carbonyl (C=O) groups is 1. The standard InChI is InChI=1S/C26H30O4/c1-4-6-23(17-26(28)29)22-11-15-25(16-12-22)30-18-20(5-2)8-7-19(3)21-9-13-24(27)14-10-21/h5,7-9,11-12,15-16,23-24,27H,2,10,13-14,17-18H2,1,3H3,(H,28,29)/b19-7-,20-8+. The molecule has 1 aliphatic carbocycles. The third kappa shape index (κ3) is 7.42. The second-order valence-electron chi connectivity index (χ2n) is 7.36. The average Bonchev–Trinajstić information content (AvgIpc) is 2.74. The molecule has 1 aliphatic rings. The molecule has 158 valence electrons. The monoisotopic (exact) mass is 406 g/mol. The van der Waals surface area contributed by atoms with Crippen LogP contribution in [0.2, 0.25) is 0 Å². The van der Waals surface area contributed by atoms with Gasteiger partial charge in [-0.2, -0.15) is 0 Å². The number of benzene rings is 1. The molecule has 0 radical (unpaired) electrons. The molecule has 4 heteroatoms. The first-order valence-electron chi connectivity index (χ1n) is 10.2. The zero-order valence-corrected chi connectivity index (χ0v) is 17.7. The number of hydrogen-bond acceptors (Lipinski definition) is 3. The fourth-order valence-electron chi connectivity index (χ4n) is 3.26. The Labute approximate surface area is 179 Å². The van der Waals surface area contributed by atoms with Gasteiger partial charge < -0.3 is 14.9 Å². The summed E-state index contributed by atoms with van der Waals surface area (Å²) in [6.07, 6.45) is 10.1. The molecule has 2 unspecified atom stereocenters. The Balaban J connectivity index is 1.99. The van der Waals surface area contributed by atoms with Gasteiger partial charge in [-0.05, 0) is 67.5 Å². The Morgan fingerprint density at radius 1 is 1.33 bits per heavy atom. The van der Waals surface area contributed by atoms with Gasteiger partial charge in [0, 0.05) is 0 Å². The van der Waals surface area contributed by atoms with Crippen LogP contribution >= 0.6 is 0 Å². The van der Waals surface area contributed by atoms with Gasteiger partial charge in [-0.3, -0.25) is 4.79 Å². The number of allylic oxidation sites excluding steroid dienone is 4. The lowest BCUT2D eigenvalue weighted by Gasteiger charge is -2.17. The number of aliphatic carboxylic acids is 1. The summed E-state index contributed by atoms with van der Waals surface area (Å²) in [7, 11) is 0. The van der Waals surface area contributed by atoms with Crippen LogP contribution in [0.15, 0.2) is 71.9 Å². The van der Waals surface area contributed by atoms with Crippen molar-refractivity contribution >= 4 is 5.97 Å². The highest BCUT2D eigenvalue weighted by Crippen LogP contribution is 2.25. The highest BCUT2D eigenvalue weighted by atomic mass is 16.5. The maximum absolute atomic E-state index is 11.0. The van der Waals surface area contributed by atoms with Crippen LogP contribution in [0.25, 0.3) is 0 Å². The SMILES string of the molecule is C=C/C(=C\C=C(\C)C1=CCC(O)CC1)COc1ccc(C(C#CC)CC(=O)O)cc1. The van der Waals surface area contributed by atoms with Gasteiger partial charge in [-0.1, -0.05) is 48.9 Å². The van der Waals surface area contributed by atoms with Crippen LogP contribution in [0.1, 0.15) is 51.0 Å². The maximum Gasteiger partial charge on any atom is 0.304 e. The lowest BCUT2D eigenvalue weighted by molar-refractivity contribution is -0.137. The molecule has 30 heavy (non-hydrogen) atoms. The minimum atomic E-state index is -0.868. The van der Waals surface area contributed by atoms with Crippen LogP contribution in [-0.4, -0.2) is 28.9 Å². The number of ether oxygens (including phenoxy) is 1. The summed E-state index contributed by atoms with van der Waals surface area (Å²) in [5.41, 5.74) is 4.29. The summed E-state index contributed by atoms with van der Waals surface area (Å²) in [6.45, 7) is 8.03. The van der Waals surface area contributed by atoms with Crippen LogP contribution < -0.4 is 4.74 Å². The Hall–Kier alpha value is -3.03. The van der Waals surface area contributed by atoms with Gasteiger partial charge in [0.15, 0.2) is 0 Å². The van der Waals surface area contributed by atoms with E-state index in [9.17, 15) is 9.90 Å². The topological polar surface area (TPSA) is 66.8 Å². The van der Waals surface area contributed by atoms with Crippen molar-refractivity contribution in [1.29, 1.82) is 0 Å². The molecule has 0 amide bonds. The van der Waals surface area contributed by atoms with E-state index in [1.54, 1.807) is 13.0 Å². The molecule has 0 fully saturated rings. The van der Waals surface area contributed by atoms with E-state index in [2.05, 4.69) is 37.5 Å². The largest absolute Gasteiger partial charge is 0.489 e. The fourth-order valence-corrected chi connectivity index (χ4v) is 3.26. The van der Waals surface area contributed by atoms with Crippen LogP contribution in [0.3, 0.4) is 0 Å². The van der Waals surface area contributed by atoms with Gasteiger partial charge >= 0.3 is 5.97 Å². The molecule has 0 spiro atoms. The first-order chi connectivity index (χ1) is 14.4. The van der Waals surface area contributed by atoms with Gasteiger partial charge in [0.05, 0.1) is 18.4 Å². The van der Waals surface area contributed by atoms with E-state index in [-0.39, 0.29) is 18.4 Å². The van der Waals surface area contributed by atoms with Crippen LogP contribution in [0.4, 0.5) is 0 Å². The van der Waals surface area contributed by atoms with Crippen molar-refractivity contribution in [2.75, 3.05) is 6.61 Å². The Morgan fingerprint density at radius 3 is 2.63 bits per heavy atom. The molecule has 0 bridgehead atoms. The molecular weight excluding hydrogens is 376 g/mol. The second-order valence-corrected chi connectivity index (χ2v) is 7.36. The molecule has 0 saturated heterocycles. The molecule has 1 aromatic carbocycles. The van der Waals surface area contributed by atoms with Crippen molar-refractivity contribution in [1.82, 2.24) is 0 Å². The summed E-state index contributed by atoms with van der Waals surface area (Å²) >= 11 is 0. The third-order valence-corrected chi connectivity index (χ3v) is 5.08. The number of carboxylic acid groups (broad SMARTS) is 1. The van der Waals surface area contributed by atoms with Crippen molar-refractivity contribution in [3.8, 4) is 17.6 Å². The third-order valence-electron chi connectivity index (χ3n) is 5.08. The van der Waals surface area contributed by atoms with Crippen molar-refractivity contribution in [2.45, 2.75) is 51.6 Å². The average molecular weight is 407 g/mol. The zero-order chi connectivity index (χ0) is 21.9. The highest BCUT2D eigenvalue weighted by molar-refractivity contribution is 5.69. The van der Waals surface area contributed by atoms with E-state index in [0.717, 1.165) is 30.4 Å². The summed E-state index contributed by atoms with van der Waals surface area (Å²) in [5.74, 6) is 5.25. The molecule has 0 heterocycles. The first-order valence-corrected chi connectivity index (χ1v) is 10.2. The highest BCUT2D eigenvalue weighted by Gasteiger charge is 2.13. The quantitative estimate of drug-likeness (QED) is 0.438. The van der Waals surface area contributed by atoms with Crippen molar-refractivity contribution in [3.05, 3.63) is 77.4 Å². The fraction of sp³-hybridized carbons (Fsp3) is 0.346. The molecule has 0 aromatic heterocycles. The molecule has 2 rings (SSSR count). The Bertz CT molecular complexity index is 891. The molecule has 0 aliphatic heterocycles. The smallest absolute Gasteiger partial charge is 0.304 e. The number of carboxylic acids is 1. The second kappa shape index (κ2) is 11.8. The molecular formula is C26H30O4. The van der Waals surface area contributed by atoms with Gasteiger partial charge in [0.2, 0.25) is 0 Å². The lowest BCUT2D eigenvalue weighted by atomic mass is 9.92. The van der Waals surface area contributed by atoms with E-state index < -0.39 is 5.97 Å². The lowest BCUT2D eigenvalue weighted by Crippen LogP contribution is -2.10. The summed E-state index contributed by atoms with van der Waals surface area (Å²) in [4.78, 5) is 11.0. The van der Waals surface area contributed by atoms with Gasteiger partial charge in [-0.25, -0.2) is 0 Å². The normalized spacial score (nSPS) is 18.0. The number of hydrogen-bond donors (Lipinski definition) is 2. The number of aliphatic hydroxyl groups excluding tert-OH is 1. The molecule has 1 aromatic rings. The first kappa shape index (κ1) is 23.3. The summed E-state index contributed by atoms with van der Waals surface area (Å²) in [5, 5.41) is 18.7. The van der Waals surface area contributed by atoms with Crippen LogP contribution in [0, 0.1) is 11.8 Å². The predicted molar refractivity (Wildman–Crippen MR) is 120 cm³/mol. The van der Waals surface area contributed by atoms with E-state index in [1.165, 1.54) is 11.1 Å². The Morgan fingerprint density at radius 2 is 2.07 bits per heavy atom. The van der Waals surface area contributed by atoms with Gasteiger partial charge in [0.1, 0.15) is 12.4 Å².